The summed E-state index contributed by atoms with van der Waals surface area (Å²) in [5, 5.41) is 12.1. The summed E-state index contributed by atoms with van der Waals surface area (Å²) in [5.74, 6) is 0.165. The van der Waals surface area contributed by atoms with E-state index < -0.39 is 5.97 Å². The first-order chi connectivity index (χ1) is 15.8. The fraction of sp³-hybridized carbons (Fsp3) is 0.478. The number of rotatable bonds is 8. The van der Waals surface area contributed by atoms with Gasteiger partial charge in [-0.15, -0.1) is 0 Å². The lowest BCUT2D eigenvalue weighted by molar-refractivity contribution is -0.137. The van der Waals surface area contributed by atoms with Crippen LogP contribution in [-0.2, 0) is 16.6 Å². The molecule has 3 aromatic rings. The minimum Gasteiger partial charge on any atom is -0.491 e. The predicted molar refractivity (Wildman–Crippen MR) is 123 cm³/mol. The second kappa shape index (κ2) is 9.62. The predicted octanol–water partition coefficient (Wildman–Crippen LogP) is 3.17. The van der Waals surface area contributed by atoms with Crippen LogP contribution < -0.4 is 15.7 Å². The summed E-state index contributed by atoms with van der Waals surface area (Å²) >= 11 is 0. The van der Waals surface area contributed by atoms with Crippen LogP contribution in [0.5, 0.6) is 5.75 Å². The number of benzene rings is 1. The molecule has 0 amide bonds. The summed E-state index contributed by atoms with van der Waals surface area (Å²) in [4.78, 5) is 32.8. The summed E-state index contributed by atoms with van der Waals surface area (Å²) in [5.41, 5.74) is 2.91. The van der Waals surface area contributed by atoms with Crippen molar-refractivity contribution in [2.24, 2.45) is 7.05 Å². The maximum atomic E-state index is 12.9. The molecule has 10 nitrogen and oxygen atoms in total. The van der Waals surface area contributed by atoms with Gasteiger partial charge in [0.15, 0.2) is 5.65 Å². The molecule has 0 bridgehead atoms. The van der Waals surface area contributed by atoms with Gasteiger partial charge in [-0.2, -0.15) is 4.98 Å². The van der Waals surface area contributed by atoms with E-state index in [0.29, 0.717) is 42.5 Å². The average Bonchev–Trinajstić information content (AvgIpc) is 3.05. The van der Waals surface area contributed by atoms with Crippen molar-refractivity contribution in [2.45, 2.75) is 51.7 Å². The number of hydrogen-bond acceptors (Lipinski definition) is 7. The molecule has 1 unspecified atom stereocenters. The number of aliphatic carboxylic acids is 1. The molecule has 1 aromatic carbocycles. The van der Waals surface area contributed by atoms with Gasteiger partial charge < -0.3 is 19.9 Å². The topological polar surface area (TPSA) is 121 Å². The highest BCUT2D eigenvalue weighted by atomic mass is 16.5. The number of carboxylic acids is 1. The van der Waals surface area contributed by atoms with Gasteiger partial charge in [0.05, 0.1) is 12.3 Å². The molecule has 1 saturated heterocycles. The van der Waals surface area contributed by atoms with Crippen LogP contribution in [0.1, 0.15) is 44.2 Å². The Labute approximate surface area is 191 Å². The minimum atomic E-state index is -0.843. The molecular formula is C23H29N5O5. The quantitative estimate of drug-likeness (QED) is 0.531. The Bertz CT molecular complexity index is 1210. The summed E-state index contributed by atoms with van der Waals surface area (Å²) in [6.45, 7) is 5.05. The zero-order chi connectivity index (χ0) is 23.5. The van der Waals surface area contributed by atoms with Crippen molar-refractivity contribution in [1.82, 2.24) is 19.1 Å². The van der Waals surface area contributed by atoms with Gasteiger partial charge in [0.2, 0.25) is 5.95 Å². The Morgan fingerprint density at radius 3 is 2.85 bits per heavy atom. The molecule has 0 radical (unpaired) electrons. The summed E-state index contributed by atoms with van der Waals surface area (Å²) in [7, 11) is 1.73. The molecule has 1 fully saturated rings. The van der Waals surface area contributed by atoms with E-state index in [9.17, 15) is 9.59 Å². The molecule has 0 spiro atoms. The number of fused-ring (bicyclic) bond motifs is 1. The molecule has 33 heavy (non-hydrogen) atoms. The van der Waals surface area contributed by atoms with Crippen LogP contribution in [0.4, 0.5) is 11.6 Å². The van der Waals surface area contributed by atoms with Crippen molar-refractivity contribution in [3.05, 3.63) is 40.4 Å². The maximum absolute atomic E-state index is 12.9. The molecular weight excluding hydrogens is 426 g/mol. The molecule has 1 atom stereocenters. The Morgan fingerprint density at radius 2 is 2.12 bits per heavy atom. The minimum absolute atomic E-state index is 0.0449. The number of carboxylic acid groups (broad SMARTS) is 1. The first kappa shape index (κ1) is 22.8. The van der Waals surface area contributed by atoms with Crippen molar-refractivity contribution in [3.63, 3.8) is 0 Å². The highest BCUT2D eigenvalue weighted by Crippen LogP contribution is 2.27. The van der Waals surface area contributed by atoms with Gasteiger partial charge in [-0.25, -0.2) is 9.78 Å². The van der Waals surface area contributed by atoms with Gasteiger partial charge in [-0.3, -0.25) is 13.9 Å². The maximum Gasteiger partial charge on any atom is 0.330 e. The molecule has 4 rings (SSSR count). The average molecular weight is 456 g/mol. The molecule has 10 heteroatoms. The third kappa shape index (κ3) is 5.00. The standard InChI is InChI=1S/C23H29N5O5/c1-14-4-6-17(33-15(2)5-7-20(29)30)12-18(14)25-22-24-13-19-21(26-22)28(23(31)27(19)3)16-8-10-32-11-9-16/h4,6,12-13,15-16H,5,7-11H2,1-3H3,(H,29,30)(H,24,25,26). The lowest BCUT2D eigenvalue weighted by Crippen LogP contribution is -2.30. The van der Waals surface area contributed by atoms with Gasteiger partial charge in [0, 0.05) is 44.5 Å². The van der Waals surface area contributed by atoms with Crippen LogP contribution in [0.25, 0.3) is 11.2 Å². The van der Waals surface area contributed by atoms with Crippen molar-refractivity contribution in [2.75, 3.05) is 18.5 Å². The summed E-state index contributed by atoms with van der Waals surface area (Å²) in [6, 6.07) is 5.66. The lowest BCUT2D eigenvalue weighted by atomic mass is 10.1. The van der Waals surface area contributed by atoms with Gasteiger partial charge in [-0.05, 0) is 44.7 Å². The van der Waals surface area contributed by atoms with Crippen LogP contribution in [0.15, 0.2) is 29.2 Å². The van der Waals surface area contributed by atoms with Crippen LogP contribution >= 0.6 is 0 Å². The van der Waals surface area contributed by atoms with E-state index in [1.165, 1.54) is 0 Å². The van der Waals surface area contributed by atoms with E-state index in [1.807, 2.05) is 32.0 Å². The van der Waals surface area contributed by atoms with Crippen LogP contribution in [-0.4, -0.2) is 49.5 Å². The van der Waals surface area contributed by atoms with Crippen molar-refractivity contribution in [3.8, 4) is 5.75 Å². The van der Waals surface area contributed by atoms with Crippen molar-refractivity contribution >= 4 is 28.8 Å². The lowest BCUT2D eigenvalue weighted by Gasteiger charge is -2.22. The van der Waals surface area contributed by atoms with E-state index in [4.69, 9.17) is 14.6 Å². The third-order valence-corrected chi connectivity index (χ3v) is 5.95. The highest BCUT2D eigenvalue weighted by molar-refractivity contribution is 5.73. The van der Waals surface area contributed by atoms with Gasteiger partial charge >= 0.3 is 11.7 Å². The van der Waals surface area contributed by atoms with E-state index in [-0.39, 0.29) is 24.3 Å². The van der Waals surface area contributed by atoms with Crippen LogP contribution in [0, 0.1) is 6.92 Å². The smallest absolute Gasteiger partial charge is 0.330 e. The third-order valence-electron chi connectivity index (χ3n) is 5.95. The van der Waals surface area contributed by atoms with Crippen molar-refractivity contribution in [1.29, 1.82) is 0 Å². The number of imidazole rings is 1. The first-order valence-electron chi connectivity index (χ1n) is 11.1. The van der Waals surface area contributed by atoms with Gasteiger partial charge in [0.25, 0.3) is 0 Å². The Hall–Kier alpha value is -3.40. The Balaban J connectivity index is 1.60. The normalized spacial score (nSPS) is 15.5. The monoisotopic (exact) mass is 455 g/mol. The molecule has 1 aliphatic heterocycles. The Kier molecular flexibility index (Phi) is 6.64. The molecule has 0 aliphatic carbocycles. The van der Waals surface area contributed by atoms with Gasteiger partial charge in [0.1, 0.15) is 11.3 Å². The fourth-order valence-corrected chi connectivity index (χ4v) is 4.02. The van der Waals surface area contributed by atoms with E-state index in [0.717, 1.165) is 24.1 Å². The number of nitrogens with zero attached hydrogens (tertiary/aromatic N) is 4. The van der Waals surface area contributed by atoms with Crippen LogP contribution in [0.2, 0.25) is 0 Å². The SMILES string of the molecule is Cc1ccc(OC(C)CCC(=O)O)cc1Nc1ncc2c(n1)n(C1CCOCC1)c(=O)n2C. The number of hydrogen-bond donors (Lipinski definition) is 2. The number of ether oxygens (including phenoxy) is 2. The zero-order valence-corrected chi connectivity index (χ0v) is 19.1. The molecule has 2 N–H and O–H groups in total. The second-order valence-electron chi connectivity index (χ2n) is 8.42. The second-order valence-corrected chi connectivity index (χ2v) is 8.42. The molecule has 3 heterocycles. The van der Waals surface area contributed by atoms with Crippen LogP contribution in [0.3, 0.4) is 0 Å². The molecule has 176 valence electrons. The number of aromatic nitrogens is 4. The summed E-state index contributed by atoms with van der Waals surface area (Å²) in [6.07, 6.45) is 3.43. The molecule has 1 aliphatic rings. The number of nitrogens with one attached hydrogen (secondary N) is 1. The Morgan fingerprint density at radius 1 is 1.36 bits per heavy atom. The van der Waals surface area contributed by atoms with E-state index in [1.54, 1.807) is 22.4 Å². The first-order valence-corrected chi connectivity index (χ1v) is 11.1. The molecule has 2 aromatic heterocycles. The van der Waals surface area contributed by atoms with E-state index in [2.05, 4.69) is 15.3 Å². The summed E-state index contributed by atoms with van der Waals surface area (Å²) < 4.78 is 14.7. The van der Waals surface area contributed by atoms with Crippen molar-refractivity contribution < 1.29 is 19.4 Å². The molecule has 0 saturated carbocycles. The number of aryl methyl sites for hydroxylation is 2. The zero-order valence-electron chi connectivity index (χ0n) is 19.1. The number of carbonyl (C=O) groups is 1. The van der Waals surface area contributed by atoms with Gasteiger partial charge in [-0.1, -0.05) is 6.07 Å². The largest absolute Gasteiger partial charge is 0.491 e. The van der Waals surface area contributed by atoms with E-state index >= 15 is 0 Å². The number of anilines is 2. The highest BCUT2D eigenvalue weighted by Gasteiger charge is 2.23. The fourth-order valence-electron chi connectivity index (χ4n) is 4.02.